The van der Waals surface area contributed by atoms with E-state index in [0.717, 1.165) is 31.6 Å². The van der Waals surface area contributed by atoms with E-state index in [2.05, 4.69) is 29.9 Å². The molecule has 1 aliphatic heterocycles. The Balaban J connectivity index is 1.57. The van der Waals surface area contributed by atoms with E-state index in [-0.39, 0.29) is 11.3 Å². The number of carbonyl (C=O) groups excluding carboxylic acids is 1. The van der Waals surface area contributed by atoms with Gasteiger partial charge in [0.1, 0.15) is 17.9 Å². The molecule has 1 saturated heterocycles. The molecule has 1 unspecified atom stereocenters. The second-order valence-corrected chi connectivity index (χ2v) is 7.59. The number of alkyl halides is 3. The van der Waals surface area contributed by atoms with Crippen LogP contribution in [0.5, 0.6) is 5.75 Å². The quantitative estimate of drug-likeness (QED) is 0.583. The summed E-state index contributed by atoms with van der Waals surface area (Å²) in [4.78, 5) is 27.6. The van der Waals surface area contributed by atoms with Crippen molar-refractivity contribution in [1.82, 2.24) is 15.0 Å². The van der Waals surface area contributed by atoms with Gasteiger partial charge in [-0.2, -0.15) is 0 Å². The van der Waals surface area contributed by atoms with Crippen LogP contribution in [0.15, 0.2) is 55.2 Å². The Labute approximate surface area is 187 Å². The number of hydrogen-bond donors (Lipinski definition) is 2. The lowest BCUT2D eigenvalue weighted by Gasteiger charge is -2.21. The van der Waals surface area contributed by atoms with Crippen molar-refractivity contribution in [3.05, 3.63) is 60.8 Å². The second kappa shape index (κ2) is 9.41. The van der Waals surface area contributed by atoms with Gasteiger partial charge in [-0.15, -0.1) is 13.2 Å². The van der Waals surface area contributed by atoms with Crippen LogP contribution in [0.3, 0.4) is 0 Å². The van der Waals surface area contributed by atoms with Crippen molar-refractivity contribution in [3.8, 4) is 16.9 Å². The predicted octanol–water partition coefficient (Wildman–Crippen LogP) is 3.47. The Kier molecular flexibility index (Phi) is 6.40. The summed E-state index contributed by atoms with van der Waals surface area (Å²) < 4.78 is 40.8. The first-order valence-electron chi connectivity index (χ1n) is 10.2. The molecule has 3 aromatic rings. The molecule has 0 saturated carbocycles. The van der Waals surface area contributed by atoms with Crippen LogP contribution in [0.25, 0.3) is 11.1 Å². The van der Waals surface area contributed by atoms with Crippen molar-refractivity contribution in [2.75, 3.05) is 29.9 Å². The summed E-state index contributed by atoms with van der Waals surface area (Å²) in [5, 5.41) is 2.66. The summed E-state index contributed by atoms with van der Waals surface area (Å²) in [6, 6.07) is 6.60. The number of ether oxygens (including phenoxy) is 1. The largest absolute Gasteiger partial charge is 0.573 e. The van der Waals surface area contributed by atoms with Crippen LogP contribution < -0.4 is 20.7 Å². The van der Waals surface area contributed by atoms with Gasteiger partial charge >= 0.3 is 6.36 Å². The molecule has 1 aliphatic rings. The lowest BCUT2D eigenvalue weighted by atomic mass is 10.1. The van der Waals surface area contributed by atoms with Crippen LogP contribution in [-0.2, 0) is 0 Å². The molecule has 0 spiro atoms. The van der Waals surface area contributed by atoms with Gasteiger partial charge in [-0.05, 0) is 49.2 Å². The van der Waals surface area contributed by atoms with Crippen molar-refractivity contribution >= 4 is 17.4 Å². The molecule has 2 aromatic heterocycles. The van der Waals surface area contributed by atoms with Crippen molar-refractivity contribution in [1.29, 1.82) is 0 Å². The van der Waals surface area contributed by atoms with E-state index in [1.54, 1.807) is 18.5 Å². The highest BCUT2D eigenvalue weighted by molar-refractivity contribution is 6.05. The normalized spacial score (nSPS) is 16.0. The Morgan fingerprint density at radius 3 is 2.55 bits per heavy atom. The third-order valence-electron chi connectivity index (χ3n) is 5.26. The first-order chi connectivity index (χ1) is 15.8. The summed E-state index contributed by atoms with van der Waals surface area (Å²) in [6.45, 7) is 2.16. The Hall–Kier alpha value is -3.73. The fourth-order valence-electron chi connectivity index (χ4n) is 3.64. The number of pyridine rings is 1. The van der Waals surface area contributed by atoms with Gasteiger partial charge in [0.2, 0.25) is 0 Å². The Morgan fingerprint density at radius 2 is 1.91 bits per heavy atom. The van der Waals surface area contributed by atoms with Crippen molar-refractivity contribution in [2.24, 2.45) is 11.7 Å². The zero-order valence-electron chi connectivity index (χ0n) is 17.4. The van der Waals surface area contributed by atoms with Crippen LogP contribution >= 0.6 is 0 Å². The minimum atomic E-state index is -4.78. The Bertz CT molecular complexity index is 1110. The average molecular weight is 458 g/mol. The lowest BCUT2D eigenvalue weighted by molar-refractivity contribution is -0.274. The molecule has 33 heavy (non-hydrogen) atoms. The number of rotatable bonds is 6. The van der Waals surface area contributed by atoms with Gasteiger partial charge in [0.05, 0.1) is 5.56 Å². The van der Waals surface area contributed by atoms with Crippen molar-refractivity contribution in [3.63, 3.8) is 0 Å². The van der Waals surface area contributed by atoms with E-state index >= 15 is 0 Å². The number of carbonyl (C=O) groups is 1. The fraction of sp³-hybridized carbons (Fsp3) is 0.273. The maximum Gasteiger partial charge on any atom is 0.573 e. The molecule has 1 aromatic carbocycles. The first kappa shape index (κ1) is 22.5. The SMILES string of the molecule is NCC1CCN(c2ncc(C(=O)Nc3ccc(OC(F)(F)F)cc3)cc2-c2cncnc2)C1. The Morgan fingerprint density at radius 1 is 1.18 bits per heavy atom. The maximum absolute atomic E-state index is 12.8. The molecular weight excluding hydrogens is 437 g/mol. The third-order valence-corrected chi connectivity index (χ3v) is 5.26. The third kappa shape index (κ3) is 5.55. The van der Waals surface area contributed by atoms with Crippen molar-refractivity contribution < 1.29 is 22.7 Å². The molecule has 11 heteroatoms. The number of hydrogen-bond acceptors (Lipinski definition) is 7. The second-order valence-electron chi connectivity index (χ2n) is 7.59. The maximum atomic E-state index is 12.8. The molecule has 0 radical (unpaired) electrons. The molecule has 1 fully saturated rings. The lowest BCUT2D eigenvalue weighted by Crippen LogP contribution is -2.24. The van der Waals surface area contributed by atoms with E-state index in [1.807, 2.05) is 0 Å². The van der Waals surface area contributed by atoms with Gasteiger partial charge in [-0.25, -0.2) is 15.0 Å². The fourth-order valence-corrected chi connectivity index (χ4v) is 3.64. The predicted molar refractivity (Wildman–Crippen MR) is 116 cm³/mol. The van der Waals surface area contributed by atoms with E-state index in [0.29, 0.717) is 35.1 Å². The highest BCUT2D eigenvalue weighted by Crippen LogP contribution is 2.32. The smallest absolute Gasteiger partial charge is 0.406 e. The standard InChI is InChI=1S/C22H21F3N6O2/c23-22(24,25)33-18-3-1-17(2-4-18)30-21(32)15-7-19(16-9-27-13-28-10-16)20(29-11-15)31-6-5-14(8-26)12-31/h1-4,7,9-11,13-14H,5-6,8,12,26H2,(H,30,32). The van der Waals surface area contributed by atoms with Gasteiger partial charge in [0.15, 0.2) is 0 Å². The van der Waals surface area contributed by atoms with Crippen LogP contribution in [0.4, 0.5) is 24.7 Å². The zero-order chi connectivity index (χ0) is 23.4. The number of aromatic nitrogens is 3. The minimum absolute atomic E-state index is 0.280. The van der Waals surface area contributed by atoms with Gasteiger partial charge in [0.25, 0.3) is 5.91 Å². The number of nitrogens with one attached hydrogen (secondary N) is 1. The minimum Gasteiger partial charge on any atom is -0.406 e. The first-order valence-corrected chi connectivity index (χ1v) is 10.2. The molecule has 8 nitrogen and oxygen atoms in total. The van der Waals surface area contributed by atoms with Gasteiger partial charge in [-0.3, -0.25) is 4.79 Å². The summed E-state index contributed by atoms with van der Waals surface area (Å²) in [6.07, 6.45) is 2.35. The van der Waals surface area contributed by atoms with E-state index < -0.39 is 12.3 Å². The summed E-state index contributed by atoms with van der Waals surface area (Å²) >= 11 is 0. The van der Waals surface area contributed by atoms with Crippen LogP contribution in [0.2, 0.25) is 0 Å². The highest BCUT2D eigenvalue weighted by atomic mass is 19.4. The average Bonchev–Trinajstić information content (AvgIpc) is 3.29. The van der Waals surface area contributed by atoms with E-state index in [4.69, 9.17) is 5.73 Å². The van der Waals surface area contributed by atoms with Gasteiger partial charge in [0, 0.05) is 48.5 Å². The number of amides is 1. The molecule has 0 aliphatic carbocycles. The number of anilines is 2. The topological polar surface area (TPSA) is 106 Å². The monoisotopic (exact) mass is 458 g/mol. The summed E-state index contributed by atoms with van der Waals surface area (Å²) in [5.74, 6) is 0.252. The number of nitrogens with two attached hydrogens (primary N) is 1. The number of nitrogens with zero attached hydrogens (tertiary/aromatic N) is 4. The van der Waals surface area contributed by atoms with E-state index in [9.17, 15) is 18.0 Å². The van der Waals surface area contributed by atoms with Crippen LogP contribution in [0, 0.1) is 5.92 Å². The molecule has 3 heterocycles. The van der Waals surface area contributed by atoms with Gasteiger partial charge in [-0.1, -0.05) is 0 Å². The van der Waals surface area contributed by atoms with Crippen LogP contribution in [-0.4, -0.2) is 46.9 Å². The number of benzene rings is 1. The molecule has 3 N–H and O–H groups in total. The van der Waals surface area contributed by atoms with Crippen molar-refractivity contribution in [2.45, 2.75) is 12.8 Å². The summed E-state index contributed by atoms with van der Waals surface area (Å²) in [5.41, 5.74) is 7.82. The molecule has 0 bridgehead atoms. The molecule has 1 amide bonds. The zero-order valence-corrected chi connectivity index (χ0v) is 17.4. The molecule has 1 atom stereocenters. The number of halogens is 3. The van der Waals surface area contributed by atoms with Crippen LogP contribution in [0.1, 0.15) is 16.8 Å². The van der Waals surface area contributed by atoms with E-state index in [1.165, 1.54) is 24.7 Å². The molecule has 4 rings (SSSR count). The molecule has 172 valence electrons. The van der Waals surface area contributed by atoms with Gasteiger partial charge < -0.3 is 20.7 Å². The molecular formula is C22H21F3N6O2. The highest BCUT2D eigenvalue weighted by Gasteiger charge is 2.31. The summed E-state index contributed by atoms with van der Waals surface area (Å²) in [7, 11) is 0.